The molecule has 2 N–H and O–H groups in total. The average molecular weight is 313 g/mol. The zero-order chi connectivity index (χ0) is 16.1. The van der Waals surface area contributed by atoms with Gasteiger partial charge in [-0.15, -0.1) is 0 Å². The highest BCUT2D eigenvalue weighted by Gasteiger charge is 2.14. The molecular weight excluding hydrogens is 290 g/mol. The predicted molar refractivity (Wildman–Crippen MR) is 92.6 cm³/mol. The third-order valence-electron chi connectivity index (χ3n) is 4.27. The predicted octanol–water partition coefficient (Wildman–Crippen LogP) is 1.26. The number of hydrogen-bond acceptors (Lipinski definition) is 4. The molecule has 23 heavy (non-hydrogen) atoms. The molecule has 1 aliphatic heterocycles. The maximum Gasteiger partial charge on any atom is 0.241 e. The molecule has 1 amide bonds. The molecule has 1 fully saturated rings. The van der Waals surface area contributed by atoms with Gasteiger partial charge >= 0.3 is 0 Å². The Morgan fingerprint density at radius 3 is 2.91 bits per heavy atom. The quantitative estimate of drug-likeness (QED) is 0.645. The van der Waals surface area contributed by atoms with Crippen LogP contribution in [0, 0.1) is 0 Å². The van der Waals surface area contributed by atoms with Crippen molar-refractivity contribution in [2.45, 2.75) is 6.42 Å². The fourth-order valence-electron chi connectivity index (χ4n) is 2.76. The molecule has 1 saturated heterocycles. The van der Waals surface area contributed by atoms with E-state index in [4.69, 9.17) is 0 Å². The van der Waals surface area contributed by atoms with Gasteiger partial charge in [-0.2, -0.15) is 5.10 Å². The van der Waals surface area contributed by atoms with Crippen LogP contribution in [-0.4, -0.2) is 66.7 Å². The second kappa shape index (κ2) is 7.39. The Morgan fingerprint density at radius 1 is 1.30 bits per heavy atom. The molecule has 0 atom stereocenters. The van der Waals surface area contributed by atoms with Gasteiger partial charge in [0, 0.05) is 61.8 Å². The first-order chi connectivity index (χ1) is 11.2. The van der Waals surface area contributed by atoms with Gasteiger partial charge in [-0.25, -0.2) is 5.43 Å². The van der Waals surface area contributed by atoms with Crippen molar-refractivity contribution in [3.8, 4) is 0 Å². The van der Waals surface area contributed by atoms with Crippen molar-refractivity contribution in [3.63, 3.8) is 0 Å². The summed E-state index contributed by atoms with van der Waals surface area (Å²) >= 11 is 0. The number of likely N-dealkylation sites (N-methyl/N-ethyl adjacent to an activating group) is 1. The SMILES string of the molecule is CN1CCN(CCC(=O)N/N=C\c2c[nH]c3ccccc23)CC1. The van der Waals surface area contributed by atoms with Crippen LogP contribution >= 0.6 is 0 Å². The van der Waals surface area contributed by atoms with E-state index in [2.05, 4.69) is 32.4 Å². The Balaban J connectivity index is 1.45. The van der Waals surface area contributed by atoms with Crippen LogP contribution in [0.2, 0.25) is 0 Å². The zero-order valence-electron chi connectivity index (χ0n) is 13.5. The molecule has 0 unspecified atom stereocenters. The Morgan fingerprint density at radius 2 is 2.09 bits per heavy atom. The van der Waals surface area contributed by atoms with Gasteiger partial charge in [0.25, 0.3) is 0 Å². The molecule has 1 aliphatic rings. The topological polar surface area (TPSA) is 63.7 Å². The molecule has 6 nitrogen and oxygen atoms in total. The summed E-state index contributed by atoms with van der Waals surface area (Å²) in [7, 11) is 2.13. The summed E-state index contributed by atoms with van der Waals surface area (Å²) in [6.45, 7) is 4.99. The van der Waals surface area contributed by atoms with E-state index < -0.39 is 0 Å². The van der Waals surface area contributed by atoms with E-state index in [1.165, 1.54) is 0 Å². The fraction of sp³-hybridized carbons (Fsp3) is 0.412. The van der Waals surface area contributed by atoms with Gasteiger partial charge in [0.1, 0.15) is 0 Å². The van der Waals surface area contributed by atoms with Gasteiger partial charge in [0.2, 0.25) is 5.91 Å². The molecule has 0 spiro atoms. The number of aromatic amines is 1. The van der Waals surface area contributed by atoms with Crippen molar-refractivity contribution in [3.05, 3.63) is 36.0 Å². The summed E-state index contributed by atoms with van der Waals surface area (Å²) < 4.78 is 0. The first-order valence-electron chi connectivity index (χ1n) is 8.01. The summed E-state index contributed by atoms with van der Waals surface area (Å²) in [6, 6.07) is 8.02. The van der Waals surface area contributed by atoms with E-state index >= 15 is 0 Å². The molecule has 0 aliphatic carbocycles. The first kappa shape index (κ1) is 15.7. The fourth-order valence-corrected chi connectivity index (χ4v) is 2.76. The number of carbonyl (C=O) groups is 1. The van der Waals surface area contributed by atoms with Gasteiger partial charge in [-0.3, -0.25) is 4.79 Å². The van der Waals surface area contributed by atoms with Gasteiger partial charge in [-0.1, -0.05) is 18.2 Å². The van der Waals surface area contributed by atoms with Crippen LogP contribution in [0.3, 0.4) is 0 Å². The smallest absolute Gasteiger partial charge is 0.241 e. The van der Waals surface area contributed by atoms with E-state index in [-0.39, 0.29) is 5.91 Å². The van der Waals surface area contributed by atoms with Crippen LogP contribution in [0.25, 0.3) is 10.9 Å². The lowest BCUT2D eigenvalue weighted by Crippen LogP contribution is -2.45. The number of fused-ring (bicyclic) bond motifs is 1. The number of amides is 1. The summed E-state index contributed by atoms with van der Waals surface area (Å²) in [6.07, 6.45) is 4.06. The number of piperazine rings is 1. The maximum atomic E-state index is 11.9. The zero-order valence-corrected chi connectivity index (χ0v) is 13.5. The molecule has 0 saturated carbocycles. The largest absolute Gasteiger partial charge is 0.361 e. The number of benzene rings is 1. The highest BCUT2D eigenvalue weighted by molar-refractivity contribution is 5.99. The van der Waals surface area contributed by atoms with Crippen molar-refractivity contribution in [2.75, 3.05) is 39.8 Å². The highest BCUT2D eigenvalue weighted by atomic mass is 16.2. The Kier molecular flexibility index (Phi) is 5.05. The Labute approximate surface area is 136 Å². The van der Waals surface area contributed by atoms with E-state index in [1.54, 1.807) is 6.21 Å². The van der Waals surface area contributed by atoms with Crippen molar-refractivity contribution >= 4 is 23.0 Å². The molecule has 2 heterocycles. The molecule has 1 aromatic carbocycles. The number of nitrogens with one attached hydrogen (secondary N) is 2. The first-order valence-corrected chi connectivity index (χ1v) is 8.01. The molecule has 6 heteroatoms. The minimum Gasteiger partial charge on any atom is -0.361 e. The van der Waals surface area contributed by atoms with Gasteiger partial charge in [-0.05, 0) is 13.1 Å². The van der Waals surface area contributed by atoms with Gasteiger partial charge in [0.05, 0.1) is 6.21 Å². The molecule has 0 radical (unpaired) electrons. The summed E-state index contributed by atoms with van der Waals surface area (Å²) in [5, 5.41) is 5.17. The summed E-state index contributed by atoms with van der Waals surface area (Å²) in [5.41, 5.74) is 4.65. The third-order valence-corrected chi connectivity index (χ3v) is 4.27. The number of hydrazone groups is 1. The monoisotopic (exact) mass is 313 g/mol. The van der Waals surface area contributed by atoms with Crippen LogP contribution in [-0.2, 0) is 4.79 Å². The number of carbonyl (C=O) groups excluding carboxylic acids is 1. The minimum atomic E-state index is -0.0416. The third kappa shape index (κ3) is 4.18. The summed E-state index contributed by atoms with van der Waals surface area (Å²) in [5.74, 6) is -0.0416. The summed E-state index contributed by atoms with van der Waals surface area (Å²) in [4.78, 5) is 19.7. The minimum absolute atomic E-state index is 0.0416. The number of rotatable bonds is 5. The highest BCUT2D eigenvalue weighted by Crippen LogP contribution is 2.15. The molecule has 2 aromatic rings. The average Bonchev–Trinajstić information content (AvgIpc) is 2.98. The van der Waals surface area contributed by atoms with E-state index in [0.717, 1.165) is 49.2 Å². The lowest BCUT2D eigenvalue weighted by Gasteiger charge is -2.32. The lowest BCUT2D eigenvalue weighted by molar-refractivity contribution is -0.121. The van der Waals surface area contributed by atoms with Crippen molar-refractivity contribution in [1.29, 1.82) is 0 Å². The number of para-hydroxylation sites is 1. The number of H-pyrrole nitrogens is 1. The molecule has 0 bridgehead atoms. The van der Waals surface area contributed by atoms with Crippen molar-refractivity contribution in [2.24, 2.45) is 5.10 Å². The molecule has 122 valence electrons. The van der Waals surface area contributed by atoms with E-state index in [0.29, 0.717) is 6.42 Å². The normalized spacial score (nSPS) is 17.1. The number of hydrogen-bond donors (Lipinski definition) is 2. The van der Waals surface area contributed by atoms with Crippen LogP contribution in [0.4, 0.5) is 0 Å². The number of aromatic nitrogens is 1. The standard InChI is InChI=1S/C17H23N5O/c1-21-8-10-22(11-9-21)7-6-17(23)20-19-13-14-12-18-16-5-3-2-4-15(14)16/h2-5,12-13,18H,6-11H2,1H3,(H,20,23)/b19-13-. The van der Waals surface area contributed by atoms with Crippen LogP contribution in [0.5, 0.6) is 0 Å². The van der Waals surface area contributed by atoms with Crippen molar-refractivity contribution in [1.82, 2.24) is 20.2 Å². The lowest BCUT2D eigenvalue weighted by atomic mass is 10.2. The molecule has 1 aromatic heterocycles. The van der Waals surface area contributed by atoms with E-state index in [1.807, 2.05) is 30.5 Å². The Hall–Kier alpha value is -2.18. The Bertz CT molecular complexity index is 685. The molecular formula is C17H23N5O. The van der Waals surface area contributed by atoms with Crippen LogP contribution in [0.15, 0.2) is 35.6 Å². The van der Waals surface area contributed by atoms with Crippen LogP contribution < -0.4 is 5.43 Å². The molecule has 3 rings (SSSR count). The van der Waals surface area contributed by atoms with E-state index in [9.17, 15) is 4.79 Å². The second-order valence-corrected chi connectivity index (χ2v) is 5.98. The van der Waals surface area contributed by atoms with Crippen LogP contribution in [0.1, 0.15) is 12.0 Å². The van der Waals surface area contributed by atoms with Gasteiger partial charge in [0.15, 0.2) is 0 Å². The second-order valence-electron chi connectivity index (χ2n) is 5.98. The number of nitrogens with zero attached hydrogens (tertiary/aromatic N) is 3. The van der Waals surface area contributed by atoms with Gasteiger partial charge < -0.3 is 14.8 Å². The maximum absolute atomic E-state index is 11.9. The van der Waals surface area contributed by atoms with Crippen molar-refractivity contribution < 1.29 is 4.79 Å².